The van der Waals surface area contributed by atoms with E-state index in [1.165, 1.54) is 0 Å². The van der Waals surface area contributed by atoms with Crippen LogP contribution in [-0.4, -0.2) is 24.9 Å². The molecular formula is C16H26ClN3O2. The Bertz CT molecular complexity index is 450. The fourth-order valence-electron chi connectivity index (χ4n) is 2.37. The second-order valence-corrected chi connectivity index (χ2v) is 5.01. The first-order valence-electron chi connectivity index (χ1n) is 7.43. The molecule has 0 saturated heterocycles. The second kappa shape index (κ2) is 11.0. The zero-order chi connectivity index (χ0) is 15.7. The van der Waals surface area contributed by atoms with Gasteiger partial charge in [-0.2, -0.15) is 0 Å². The molecule has 1 rings (SSSR count). The normalized spacial score (nSPS) is 11.5. The highest BCUT2D eigenvalue weighted by Gasteiger charge is 2.22. The summed E-state index contributed by atoms with van der Waals surface area (Å²) in [5.74, 6) is -0.164. The molecule has 4 N–H and O–H groups in total. The molecular weight excluding hydrogens is 302 g/mol. The van der Waals surface area contributed by atoms with Crippen molar-refractivity contribution >= 4 is 24.2 Å². The second-order valence-electron chi connectivity index (χ2n) is 5.01. The van der Waals surface area contributed by atoms with Gasteiger partial charge in [-0.1, -0.05) is 57.0 Å². The number of nitrogens with one attached hydrogen (secondary N) is 2. The van der Waals surface area contributed by atoms with Crippen molar-refractivity contribution in [3.8, 4) is 0 Å². The number of amides is 2. The Morgan fingerprint density at radius 2 is 1.68 bits per heavy atom. The van der Waals surface area contributed by atoms with E-state index >= 15 is 0 Å². The van der Waals surface area contributed by atoms with E-state index in [4.69, 9.17) is 5.73 Å². The van der Waals surface area contributed by atoms with Crippen molar-refractivity contribution in [2.24, 2.45) is 11.7 Å². The Hall–Kier alpha value is -1.59. The molecule has 0 heterocycles. The number of nitrogens with two attached hydrogens (primary N) is 1. The molecule has 22 heavy (non-hydrogen) atoms. The van der Waals surface area contributed by atoms with Crippen LogP contribution in [0.5, 0.6) is 0 Å². The molecule has 0 bridgehead atoms. The van der Waals surface area contributed by atoms with Gasteiger partial charge in [0.15, 0.2) is 0 Å². The largest absolute Gasteiger partial charge is 0.347 e. The molecule has 1 aromatic carbocycles. The van der Waals surface area contributed by atoms with Gasteiger partial charge in [-0.15, -0.1) is 12.4 Å². The molecule has 0 aliphatic carbocycles. The number of rotatable bonds is 8. The maximum Gasteiger partial charge on any atom is 0.239 e. The topological polar surface area (TPSA) is 84.2 Å². The molecule has 0 aliphatic heterocycles. The van der Waals surface area contributed by atoms with Crippen molar-refractivity contribution in [2.75, 3.05) is 13.1 Å². The Morgan fingerprint density at radius 1 is 1.09 bits per heavy atom. The molecule has 0 fully saturated rings. The van der Waals surface area contributed by atoms with E-state index in [2.05, 4.69) is 24.5 Å². The van der Waals surface area contributed by atoms with Gasteiger partial charge in [-0.3, -0.25) is 9.59 Å². The van der Waals surface area contributed by atoms with E-state index in [-0.39, 0.29) is 43.4 Å². The first-order valence-corrected chi connectivity index (χ1v) is 7.43. The van der Waals surface area contributed by atoms with Gasteiger partial charge < -0.3 is 16.4 Å². The van der Waals surface area contributed by atoms with Crippen LogP contribution < -0.4 is 16.4 Å². The molecule has 1 aromatic rings. The van der Waals surface area contributed by atoms with Crippen molar-refractivity contribution in [2.45, 2.75) is 32.7 Å². The summed E-state index contributed by atoms with van der Waals surface area (Å²) in [6.07, 6.45) is 1.96. The van der Waals surface area contributed by atoms with Crippen molar-refractivity contribution in [1.82, 2.24) is 10.6 Å². The summed E-state index contributed by atoms with van der Waals surface area (Å²) in [5, 5.41) is 5.51. The van der Waals surface area contributed by atoms with Crippen molar-refractivity contribution in [3.63, 3.8) is 0 Å². The van der Waals surface area contributed by atoms with E-state index in [0.29, 0.717) is 5.92 Å². The molecule has 1 atom stereocenters. The average molecular weight is 328 g/mol. The monoisotopic (exact) mass is 327 g/mol. The van der Waals surface area contributed by atoms with Crippen LogP contribution in [0.2, 0.25) is 0 Å². The number of carbonyl (C=O) groups is 2. The first-order chi connectivity index (χ1) is 10.1. The van der Waals surface area contributed by atoms with Gasteiger partial charge in [0.2, 0.25) is 11.8 Å². The minimum Gasteiger partial charge on any atom is -0.347 e. The minimum atomic E-state index is -0.330. The molecule has 0 saturated carbocycles. The molecule has 0 spiro atoms. The zero-order valence-electron chi connectivity index (χ0n) is 13.2. The van der Waals surface area contributed by atoms with Gasteiger partial charge in [-0.25, -0.2) is 0 Å². The number of hydrogen-bond donors (Lipinski definition) is 3. The van der Waals surface area contributed by atoms with Crippen LogP contribution in [-0.2, 0) is 9.59 Å². The van der Waals surface area contributed by atoms with Gasteiger partial charge in [0.1, 0.15) is 0 Å². The van der Waals surface area contributed by atoms with Crippen LogP contribution in [0, 0.1) is 5.92 Å². The number of hydrogen-bond acceptors (Lipinski definition) is 3. The van der Waals surface area contributed by atoms with Crippen LogP contribution in [0.25, 0.3) is 0 Å². The summed E-state index contributed by atoms with van der Waals surface area (Å²) in [4.78, 5) is 23.1. The zero-order valence-corrected chi connectivity index (χ0v) is 14.0. The van der Waals surface area contributed by atoms with Gasteiger partial charge in [0.05, 0.1) is 19.1 Å². The standard InChI is InChI=1S/C16H25N3O2.ClH/c1-3-12(4-2)16(13-8-6-5-7-9-13)19-15(21)11-18-14(20)10-17;/h5-9,12,16H,3-4,10-11,17H2,1-2H3,(H,18,20)(H,19,21);1H. The third kappa shape index (κ3) is 6.45. The van der Waals surface area contributed by atoms with Crippen LogP contribution in [0.4, 0.5) is 0 Å². The van der Waals surface area contributed by atoms with Gasteiger partial charge >= 0.3 is 0 Å². The van der Waals surface area contributed by atoms with Gasteiger partial charge in [0, 0.05) is 0 Å². The van der Waals surface area contributed by atoms with Crippen LogP contribution in [0.15, 0.2) is 30.3 Å². The maximum atomic E-state index is 12.0. The summed E-state index contributed by atoms with van der Waals surface area (Å²) in [6, 6.07) is 9.88. The summed E-state index contributed by atoms with van der Waals surface area (Å²) in [5.41, 5.74) is 6.29. The Balaban J connectivity index is 0.00000441. The summed E-state index contributed by atoms with van der Waals surface area (Å²) in [7, 11) is 0. The third-order valence-electron chi connectivity index (χ3n) is 3.63. The predicted molar refractivity (Wildman–Crippen MR) is 90.7 cm³/mol. The maximum absolute atomic E-state index is 12.0. The quantitative estimate of drug-likeness (QED) is 0.680. The highest BCUT2D eigenvalue weighted by atomic mass is 35.5. The lowest BCUT2D eigenvalue weighted by molar-refractivity contribution is -0.126. The fourth-order valence-corrected chi connectivity index (χ4v) is 2.37. The summed E-state index contributed by atoms with van der Waals surface area (Å²) < 4.78 is 0. The van der Waals surface area contributed by atoms with Crippen molar-refractivity contribution in [1.29, 1.82) is 0 Å². The van der Waals surface area contributed by atoms with E-state index in [9.17, 15) is 9.59 Å². The highest BCUT2D eigenvalue weighted by Crippen LogP contribution is 2.27. The minimum absolute atomic E-state index is 0. The molecule has 0 aromatic heterocycles. The Labute approximate surface area is 138 Å². The molecule has 6 heteroatoms. The lowest BCUT2D eigenvalue weighted by atomic mass is 9.89. The summed E-state index contributed by atoms with van der Waals surface area (Å²) in [6.45, 7) is 4.08. The van der Waals surface area contributed by atoms with Gasteiger partial charge in [0.25, 0.3) is 0 Å². The lowest BCUT2D eigenvalue weighted by Crippen LogP contribution is -2.42. The van der Waals surface area contributed by atoms with E-state index in [0.717, 1.165) is 18.4 Å². The molecule has 1 unspecified atom stereocenters. The molecule has 0 aliphatic rings. The predicted octanol–water partition coefficient (Wildman–Crippen LogP) is 1.78. The first kappa shape index (κ1) is 20.4. The number of benzene rings is 1. The van der Waals surface area contributed by atoms with Crippen molar-refractivity contribution < 1.29 is 9.59 Å². The van der Waals surface area contributed by atoms with Crippen LogP contribution in [0.3, 0.4) is 0 Å². The fraction of sp³-hybridized carbons (Fsp3) is 0.500. The number of carbonyl (C=O) groups excluding carboxylic acids is 2. The summed E-state index contributed by atoms with van der Waals surface area (Å²) >= 11 is 0. The molecule has 0 radical (unpaired) electrons. The lowest BCUT2D eigenvalue weighted by Gasteiger charge is -2.27. The molecule has 124 valence electrons. The van der Waals surface area contributed by atoms with E-state index < -0.39 is 0 Å². The SMILES string of the molecule is CCC(CC)C(NC(=O)CNC(=O)CN)c1ccccc1.Cl. The Morgan fingerprint density at radius 3 is 2.18 bits per heavy atom. The highest BCUT2D eigenvalue weighted by molar-refractivity contribution is 5.86. The van der Waals surface area contributed by atoms with E-state index in [1.807, 2.05) is 30.3 Å². The van der Waals surface area contributed by atoms with Gasteiger partial charge in [-0.05, 0) is 11.5 Å². The molecule has 2 amide bonds. The van der Waals surface area contributed by atoms with Crippen molar-refractivity contribution in [3.05, 3.63) is 35.9 Å². The average Bonchev–Trinajstić information content (AvgIpc) is 2.53. The third-order valence-corrected chi connectivity index (χ3v) is 3.63. The Kier molecular flexibility index (Phi) is 10.2. The van der Waals surface area contributed by atoms with E-state index in [1.54, 1.807) is 0 Å². The smallest absolute Gasteiger partial charge is 0.239 e. The number of halogens is 1. The van der Waals surface area contributed by atoms with Crippen LogP contribution >= 0.6 is 12.4 Å². The molecule has 5 nitrogen and oxygen atoms in total. The van der Waals surface area contributed by atoms with Crippen LogP contribution in [0.1, 0.15) is 38.3 Å².